The Bertz CT molecular complexity index is 62.8. The van der Waals surface area contributed by atoms with Gasteiger partial charge in [0.2, 0.25) is 0 Å². The van der Waals surface area contributed by atoms with Crippen LogP contribution in [-0.2, 0) is 0 Å². The summed E-state index contributed by atoms with van der Waals surface area (Å²) in [6.45, 7) is 4.77. The van der Waals surface area contributed by atoms with E-state index in [1.165, 1.54) is 27.8 Å². The highest BCUT2D eigenvalue weighted by Crippen LogP contribution is 2.36. The standard InChI is InChI=1S/C7H15P/c1-6-4-3-5-7(2)8-6/h6-8H,3-5H2,1-2H3. The first-order valence-electron chi connectivity index (χ1n) is 3.55. The topological polar surface area (TPSA) is 0 Å². The van der Waals surface area contributed by atoms with Crippen LogP contribution in [0.3, 0.4) is 0 Å². The van der Waals surface area contributed by atoms with Crippen molar-refractivity contribution in [3.8, 4) is 0 Å². The van der Waals surface area contributed by atoms with Gasteiger partial charge in [-0.05, 0) is 24.2 Å². The van der Waals surface area contributed by atoms with Crippen molar-refractivity contribution in [3.05, 3.63) is 0 Å². The van der Waals surface area contributed by atoms with Crippen LogP contribution in [0.5, 0.6) is 0 Å². The molecule has 1 heteroatoms. The molecular weight excluding hydrogens is 115 g/mol. The summed E-state index contributed by atoms with van der Waals surface area (Å²) in [5, 5.41) is 0. The van der Waals surface area contributed by atoms with Crippen molar-refractivity contribution in [2.24, 2.45) is 0 Å². The van der Waals surface area contributed by atoms with E-state index in [1.807, 2.05) is 0 Å². The SMILES string of the molecule is CC1CCCC(C)P1. The van der Waals surface area contributed by atoms with Gasteiger partial charge in [0, 0.05) is 0 Å². The second kappa shape index (κ2) is 2.82. The summed E-state index contributed by atoms with van der Waals surface area (Å²) in [5.74, 6) is 0. The highest BCUT2D eigenvalue weighted by atomic mass is 31.1. The zero-order valence-electron chi connectivity index (χ0n) is 5.78. The molecular formula is C7H15P. The van der Waals surface area contributed by atoms with Gasteiger partial charge in [0.15, 0.2) is 0 Å². The number of hydrogen-bond acceptors (Lipinski definition) is 0. The quantitative estimate of drug-likeness (QED) is 0.442. The zero-order chi connectivity index (χ0) is 5.98. The van der Waals surface area contributed by atoms with Crippen LogP contribution in [0.1, 0.15) is 33.1 Å². The van der Waals surface area contributed by atoms with Gasteiger partial charge in [-0.2, -0.15) is 0 Å². The molecule has 0 saturated carbocycles. The second-order valence-electron chi connectivity index (χ2n) is 2.90. The van der Waals surface area contributed by atoms with E-state index >= 15 is 0 Å². The molecule has 1 aliphatic heterocycles. The van der Waals surface area contributed by atoms with Crippen LogP contribution in [0.25, 0.3) is 0 Å². The Kier molecular flexibility index (Phi) is 2.31. The van der Waals surface area contributed by atoms with Crippen LogP contribution in [-0.4, -0.2) is 11.3 Å². The molecule has 0 bridgehead atoms. The van der Waals surface area contributed by atoms with Crippen LogP contribution in [0.15, 0.2) is 0 Å². The summed E-state index contributed by atoms with van der Waals surface area (Å²) in [6.07, 6.45) is 4.46. The van der Waals surface area contributed by atoms with Gasteiger partial charge >= 0.3 is 0 Å². The van der Waals surface area contributed by atoms with E-state index in [-0.39, 0.29) is 0 Å². The van der Waals surface area contributed by atoms with Gasteiger partial charge in [0.1, 0.15) is 0 Å². The van der Waals surface area contributed by atoms with Crippen molar-refractivity contribution in [2.45, 2.75) is 44.4 Å². The van der Waals surface area contributed by atoms with Crippen molar-refractivity contribution in [1.29, 1.82) is 0 Å². The third-order valence-electron chi connectivity index (χ3n) is 1.84. The summed E-state index contributed by atoms with van der Waals surface area (Å²) in [6, 6.07) is 0. The molecule has 0 aromatic rings. The molecule has 1 saturated heterocycles. The molecule has 1 fully saturated rings. The molecule has 0 aliphatic carbocycles. The summed E-state index contributed by atoms with van der Waals surface area (Å²) >= 11 is 0. The van der Waals surface area contributed by atoms with Crippen LogP contribution in [0.4, 0.5) is 0 Å². The smallest absolute Gasteiger partial charge is 0.0263 e. The van der Waals surface area contributed by atoms with Crippen LogP contribution in [0, 0.1) is 0 Å². The maximum atomic E-state index is 2.38. The fourth-order valence-corrected chi connectivity index (χ4v) is 3.10. The molecule has 0 nitrogen and oxygen atoms in total. The summed E-state index contributed by atoms with van der Waals surface area (Å²) < 4.78 is 0. The monoisotopic (exact) mass is 130 g/mol. The Balaban J connectivity index is 2.23. The van der Waals surface area contributed by atoms with E-state index in [9.17, 15) is 0 Å². The van der Waals surface area contributed by atoms with Crippen molar-refractivity contribution in [3.63, 3.8) is 0 Å². The first-order chi connectivity index (χ1) is 3.79. The van der Waals surface area contributed by atoms with Gasteiger partial charge in [0.05, 0.1) is 0 Å². The minimum atomic E-state index is 1.04. The van der Waals surface area contributed by atoms with E-state index in [4.69, 9.17) is 0 Å². The fourth-order valence-electron chi connectivity index (χ4n) is 1.38. The van der Waals surface area contributed by atoms with E-state index in [0.29, 0.717) is 0 Å². The number of rotatable bonds is 0. The van der Waals surface area contributed by atoms with Crippen molar-refractivity contribution in [1.82, 2.24) is 0 Å². The third kappa shape index (κ3) is 1.74. The largest absolute Gasteiger partial charge is 0.116 e. The molecule has 48 valence electrons. The Labute approximate surface area is 53.8 Å². The highest BCUT2D eigenvalue weighted by Gasteiger charge is 2.13. The lowest BCUT2D eigenvalue weighted by molar-refractivity contribution is 0.633. The maximum Gasteiger partial charge on any atom is -0.0263 e. The van der Waals surface area contributed by atoms with Crippen molar-refractivity contribution in [2.75, 3.05) is 0 Å². The molecule has 0 spiro atoms. The first-order valence-corrected chi connectivity index (χ1v) is 4.70. The van der Waals surface area contributed by atoms with E-state index in [2.05, 4.69) is 13.8 Å². The van der Waals surface area contributed by atoms with Crippen molar-refractivity contribution >= 4 is 8.58 Å². The van der Waals surface area contributed by atoms with Gasteiger partial charge in [-0.1, -0.05) is 20.3 Å². The van der Waals surface area contributed by atoms with Crippen LogP contribution in [0.2, 0.25) is 0 Å². The molecule has 0 aromatic heterocycles. The van der Waals surface area contributed by atoms with E-state index < -0.39 is 0 Å². The summed E-state index contributed by atoms with van der Waals surface area (Å²) in [4.78, 5) is 0. The molecule has 2 atom stereocenters. The molecule has 0 amide bonds. The Morgan fingerprint density at radius 1 is 1.12 bits per heavy atom. The lowest BCUT2D eigenvalue weighted by Gasteiger charge is -2.23. The molecule has 1 aliphatic rings. The lowest BCUT2D eigenvalue weighted by Crippen LogP contribution is -2.08. The van der Waals surface area contributed by atoms with Gasteiger partial charge in [0.25, 0.3) is 0 Å². The summed E-state index contributed by atoms with van der Waals surface area (Å²) in [7, 11) is 1.25. The van der Waals surface area contributed by atoms with Crippen LogP contribution < -0.4 is 0 Å². The molecule has 0 N–H and O–H groups in total. The average molecular weight is 130 g/mol. The zero-order valence-corrected chi connectivity index (χ0v) is 6.78. The minimum Gasteiger partial charge on any atom is -0.116 e. The van der Waals surface area contributed by atoms with Gasteiger partial charge in [-0.25, -0.2) is 0 Å². The van der Waals surface area contributed by atoms with Gasteiger partial charge in [-0.3, -0.25) is 0 Å². The molecule has 0 radical (unpaired) electrons. The van der Waals surface area contributed by atoms with Gasteiger partial charge in [-0.15, -0.1) is 8.58 Å². The third-order valence-corrected chi connectivity index (χ3v) is 3.56. The molecule has 0 aromatic carbocycles. The van der Waals surface area contributed by atoms with Crippen LogP contribution >= 0.6 is 8.58 Å². The first kappa shape index (κ1) is 6.55. The predicted molar refractivity (Wildman–Crippen MR) is 41.1 cm³/mol. The molecule has 8 heavy (non-hydrogen) atoms. The Morgan fingerprint density at radius 2 is 1.62 bits per heavy atom. The lowest BCUT2D eigenvalue weighted by atomic mass is 10.1. The van der Waals surface area contributed by atoms with Gasteiger partial charge < -0.3 is 0 Å². The van der Waals surface area contributed by atoms with E-state index in [0.717, 1.165) is 11.3 Å². The predicted octanol–water partition coefficient (Wildman–Crippen LogP) is 2.63. The molecule has 2 unspecified atom stereocenters. The average Bonchev–Trinajstić information content (AvgIpc) is 1.64. The second-order valence-corrected chi connectivity index (χ2v) is 5.20. The van der Waals surface area contributed by atoms with E-state index in [1.54, 1.807) is 0 Å². The fraction of sp³-hybridized carbons (Fsp3) is 1.00. The normalized spacial score (nSPS) is 42.8. The molecule has 1 rings (SSSR count). The molecule has 1 heterocycles. The summed E-state index contributed by atoms with van der Waals surface area (Å²) in [5.41, 5.74) is 2.08. The Hall–Kier alpha value is 0.430. The number of hydrogen-bond donors (Lipinski definition) is 0. The highest BCUT2D eigenvalue weighted by molar-refractivity contribution is 7.39. The minimum absolute atomic E-state index is 1.04. The van der Waals surface area contributed by atoms with Crippen molar-refractivity contribution < 1.29 is 0 Å². The maximum absolute atomic E-state index is 2.38. The Morgan fingerprint density at radius 3 is 1.88 bits per heavy atom.